The van der Waals surface area contributed by atoms with Crippen molar-refractivity contribution in [2.75, 3.05) is 25.1 Å². The number of aliphatic hydroxyl groups excluding tert-OH is 1. The van der Waals surface area contributed by atoms with Crippen LogP contribution in [0.25, 0.3) is 0 Å². The molecule has 1 aromatic carbocycles. The Balaban J connectivity index is 2.21. The van der Waals surface area contributed by atoms with Gasteiger partial charge in [0, 0.05) is 28.8 Å². The minimum Gasteiger partial charge on any atom is -0.395 e. The second-order valence-corrected chi connectivity index (χ2v) is 6.78. The van der Waals surface area contributed by atoms with E-state index in [0.717, 1.165) is 11.0 Å². The van der Waals surface area contributed by atoms with Crippen LogP contribution in [0.1, 0.15) is 50.6 Å². The van der Waals surface area contributed by atoms with E-state index < -0.39 is 0 Å². The van der Waals surface area contributed by atoms with E-state index >= 15 is 0 Å². The largest absolute Gasteiger partial charge is 0.395 e. The lowest BCUT2D eigenvalue weighted by Crippen LogP contribution is -2.38. The molecule has 3 nitrogen and oxygen atoms in total. The smallest absolute Gasteiger partial charge is 0.0606 e. The molecule has 1 aliphatic carbocycles. The predicted molar refractivity (Wildman–Crippen MR) is 92.9 cm³/mol. The second-order valence-electron chi connectivity index (χ2n) is 5.93. The van der Waals surface area contributed by atoms with Gasteiger partial charge in [-0.15, -0.1) is 0 Å². The van der Waals surface area contributed by atoms with Gasteiger partial charge in [-0.25, -0.2) is 0 Å². The van der Waals surface area contributed by atoms with Crippen molar-refractivity contribution in [1.29, 1.82) is 0 Å². The SMILES string of the molecule is CNC(C)c1ccc(N(CCO)C2CCCCC2)cc1Br. The van der Waals surface area contributed by atoms with Crippen LogP contribution in [-0.2, 0) is 0 Å². The lowest BCUT2D eigenvalue weighted by molar-refractivity contribution is 0.290. The zero-order valence-corrected chi connectivity index (χ0v) is 14.7. The van der Waals surface area contributed by atoms with E-state index in [1.54, 1.807) is 0 Å². The van der Waals surface area contributed by atoms with Gasteiger partial charge in [0.05, 0.1) is 6.61 Å². The molecule has 0 aromatic heterocycles. The highest BCUT2D eigenvalue weighted by atomic mass is 79.9. The van der Waals surface area contributed by atoms with Crippen molar-refractivity contribution < 1.29 is 5.11 Å². The van der Waals surface area contributed by atoms with Crippen molar-refractivity contribution in [2.45, 2.75) is 51.1 Å². The molecule has 0 spiro atoms. The van der Waals surface area contributed by atoms with E-state index in [1.807, 2.05) is 7.05 Å². The fourth-order valence-corrected chi connectivity index (χ4v) is 3.93. The van der Waals surface area contributed by atoms with Crippen LogP contribution in [-0.4, -0.2) is 31.3 Å². The van der Waals surface area contributed by atoms with Crippen LogP contribution in [0.15, 0.2) is 22.7 Å². The second kappa shape index (κ2) is 8.16. The van der Waals surface area contributed by atoms with E-state index in [-0.39, 0.29) is 6.61 Å². The zero-order chi connectivity index (χ0) is 15.2. The number of halogens is 1. The first-order valence-corrected chi connectivity index (χ1v) is 8.81. The highest BCUT2D eigenvalue weighted by Gasteiger charge is 2.22. The average Bonchev–Trinajstić information content (AvgIpc) is 2.52. The van der Waals surface area contributed by atoms with Gasteiger partial charge in [-0.2, -0.15) is 0 Å². The van der Waals surface area contributed by atoms with Crippen LogP contribution < -0.4 is 10.2 Å². The number of nitrogens with one attached hydrogen (secondary N) is 1. The highest BCUT2D eigenvalue weighted by Crippen LogP contribution is 2.32. The molecule has 0 radical (unpaired) electrons. The first-order valence-electron chi connectivity index (χ1n) is 8.01. The van der Waals surface area contributed by atoms with Crippen molar-refractivity contribution >= 4 is 21.6 Å². The van der Waals surface area contributed by atoms with Crippen molar-refractivity contribution in [3.63, 3.8) is 0 Å². The quantitative estimate of drug-likeness (QED) is 0.813. The summed E-state index contributed by atoms with van der Waals surface area (Å²) in [5, 5.41) is 12.7. The van der Waals surface area contributed by atoms with Gasteiger partial charge in [-0.05, 0) is 44.5 Å². The summed E-state index contributed by atoms with van der Waals surface area (Å²) in [5.41, 5.74) is 2.49. The van der Waals surface area contributed by atoms with E-state index in [4.69, 9.17) is 0 Å². The summed E-state index contributed by atoms with van der Waals surface area (Å²) in [6.45, 7) is 3.09. The maximum absolute atomic E-state index is 9.42. The van der Waals surface area contributed by atoms with Crippen LogP contribution >= 0.6 is 15.9 Å². The summed E-state index contributed by atoms with van der Waals surface area (Å²) >= 11 is 3.70. The Hall–Kier alpha value is -0.580. The molecular formula is C17H27BrN2O. The topological polar surface area (TPSA) is 35.5 Å². The van der Waals surface area contributed by atoms with Gasteiger partial charge in [0.25, 0.3) is 0 Å². The third-order valence-corrected chi connectivity index (χ3v) is 5.26. The van der Waals surface area contributed by atoms with Gasteiger partial charge >= 0.3 is 0 Å². The summed E-state index contributed by atoms with van der Waals surface area (Å²) in [5.74, 6) is 0. The van der Waals surface area contributed by atoms with Crippen molar-refractivity contribution in [3.05, 3.63) is 28.2 Å². The number of benzene rings is 1. The minimum atomic E-state index is 0.211. The number of rotatable bonds is 6. The maximum atomic E-state index is 9.42. The molecular weight excluding hydrogens is 328 g/mol. The molecule has 0 amide bonds. The van der Waals surface area contributed by atoms with Crippen LogP contribution in [0, 0.1) is 0 Å². The molecule has 1 unspecified atom stereocenters. The Bertz CT molecular complexity index is 446. The van der Waals surface area contributed by atoms with Crippen LogP contribution in [0.5, 0.6) is 0 Å². The van der Waals surface area contributed by atoms with E-state index in [1.165, 1.54) is 43.4 Å². The molecule has 2 N–H and O–H groups in total. The average molecular weight is 355 g/mol. The Morgan fingerprint density at radius 2 is 2.05 bits per heavy atom. The molecule has 1 saturated carbocycles. The minimum absolute atomic E-state index is 0.211. The van der Waals surface area contributed by atoms with Gasteiger partial charge < -0.3 is 15.3 Å². The van der Waals surface area contributed by atoms with Gasteiger partial charge in [-0.3, -0.25) is 0 Å². The number of hydrogen-bond donors (Lipinski definition) is 2. The van der Waals surface area contributed by atoms with E-state index in [2.05, 4.69) is 51.3 Å². The summed E-state index contributed by atoms with van der Waals surface area (Å²) in [4.78, 5) is 2.39. The third-order valence-electron chi connectivity index (χ3n) is 4.57. The van der Waals surface area contributed by atoms with Crippen molar-refractivity contribution in [3.8, 4) is 0 Å². The van der Waals surface area contributed by atoms with Crippen LogP contribution in [0.3, 0.4) is 0 Å². The molecule has 0 aliphatic heterocycles. The molecule has 0 bridgehead atoms. The number of anilines is 1. The fraction of sp³-hybridized carbons (Fsp3) is 0.647. The summed E-state index contributed by atoms with van der Waals surface area (Å²) in [6, 6.07) is 7.49. The molecule has 1 aromatic rings. The van der Waals surface area contributed by atoms with Gasteiger partial charge in [0.15, 0.2) is 0 Å². The molecule has 1 atom stereocenters. The highest BCUT2D eigenvalue weighted by molar-refractivity contribution is 9.10. The van der Waals surface area contributed by atoms with Crippen LogP contribution in [0.4, 0.5) is 5.69 Å². The normalized spacial score (nSPS) is 17.7. The van der Waals surface area contributed by atoms with Gasteiger partial charge in [0.1, 0.15) is 0 Å². The van der Waals surface area contributed by atoms with E-state index in [0.29, 0.717) is 12.1 Å². The lowest BCUT2D eigenvalue weighted by Gasteiger charge is -2.36. The molecule has 118 valence electrons. The summed E-state index contributed by atoms with van der Waals surface area (Å²) in [7, 11) is 1.98. The van der Waals surface area contributed by atoms with Gasteiger partial charge in [-0.1, -0.05) is 41.3 Å². The zero-order valence-electron chi connectivity index (χ0n) is 13.1. The summed E-state index contributed by atoms with van der Waals surface area (Å²) < 4.78 is 1.14. The number of aliphatic hydroxyl groups is 1. The Kier molecular flexibility index (Phi) is 6.52. The molecule has 2 rings (SSSR count). The fourth-order valence-electron chi connectivity index (χ4n) is 3.22. The Labute approximate surface area is 136 Å². The molecule has 0 heterocycles. The van der Waals surface area contributed by atoms with Gasteiger partial charge in [0.2, 0.25) is 0 Å². The molecule has 4 heteroatoms. The lowest BCUT2D eigenvalue weighted by atomic mass is 9.93. The first kappa shape index (κ1) is 16.8. The number of nitrogens with zero attached hydrogens (tertiary/aromatic N) is 1. The molecule has 1 aliphatic rings. The molecule has 1 fully saturated rings. The first-order chi connectivity index (χ1) is 10.2. The standard InChI is InChI=1S/C17H27BrN2O/c1-13(19-2)16-9-8-15(12-17(16)18)20(10-11-21)14-6-4-3-5-7-14/h8-9,12-14,19,21H,3-7,10-11H2,1-2H3. The van der Waals surface area contributed by atoms with Crippen LogP contribution in [0.2, 0.25) is 0 Å². The molecule has 0 saturated heterocycles. The van der Waals surface area contributed by atoms with Crippen molar-refractivity contribution in [1.82, 2.24) is 5.32 Å². The Morgan fingerprint density at radius 3 is 2.62 bits per heavy atom. The van der Waals surface area contributed by atoms with Crippen molar-refractivity contribution in [2.24, 2.45) is 0 Å². The van der Waals surface area contributed by atoms with E-state index in [9.17, 15) is 5.11 Å². The monoisotopic (exact) mass is 354 g/mol. The molecule has 21 heavy (non-hydrogen) atoms. The predicted octanol–water partition coefficient (Wildman–Crippen LogP) is 3.86. The Morgan fingerprint density at radius 1 is 1.33 bits per heavy atom. The summed E-state index contributed by atoms with van der Waals surface area (Å²) in [6.07, 6.45) is 6.45. The maximum Gasteiger partial charge on any atom is 0.0606 e. The third kappa shape index (κ3) is 4.21. The number of hydrogen-bond acceptors (Lipinski definition) is 3.